The summed E-state index contributed by atoms with van der Waals surface area (Å²) in [7, 11) is 0. The summed E-state index contributed by atoms with van der Waals surface area (Å²) >= 11 is 0. The van der Waals surface area contributed by atoms with E-state index in [4.69, 9.17) is 0 Å². The fourth-order valence-electron chi connectivity index (χ4n) is 4.49. The Morgan fingerprint density at radius 2 is 1.37 bits per heavy atom. The predicted octanol–water partition coefficient (Wildman–Crippen LogP) is 6.99. The monoisotopic (exact) mass is 460 g/mol. The van der Waals surface area contributed by atoms with Crippen LogP contribution in [-0.4, -0.2) is 17.4 Å². The first-order chi connectivity index (χ1) is 17.2. The highest BCUT2D eigenvalue weighted by Crippen LogP contribution is 2.29. The van der Waals surface area contributed by atoms with E-state index < -0.39 is 0 Å². The maximum absolute atomic E-state index is 14.5. The van der Waals surface area contributed by atoms with Gasteiger partial charge in [0.15, 0.2) is 0 Å². The third-order valence-corrected chi connectivity index (χ3v) is 6.23. The van der Waals surface area contributed by atoms with E-state index in [2.05, 4.69) is 34.6 Å². The van der Waals surface area contributed by atoms with Gasteiger partial charge >= 0.3 is 0 Å². The van der Waals surface area contributed by atoms with Gasteiger partial charge in [0.05, 0.1) is 16.8 Å². The van der Waals surface area contributed by atoms with Crippen molar-refractivity contribution in [1.29, 1.82) is 0 Å². The zero-order valence-corrected chi connectivity index (χ0v) is 19.2. The number of rotatable bonds is 7. The Hall–Kier alpha value is -4.31. The second kappa shape index (κ2) is 10.3. The lowest BCUT2D eigenvalue weighted by Gasteiger charge is -2.19. The molecule has 3 nitrogen and oxygen atoms in total. The van der Waals surface area contributed by atoms with Crippen molar-refractivity contribution in [1.82, 2.24) is 10.3 Å². The molecule has 4 aromatic carbocycles. The number of para-hydroxylation sites is 1. The van der Waals surface area contributed by atoms with Crippen LogP contribution in [-0.2, 0) is 0 Å². The molecule has 4 heteroatoms. The van der Waals surface area contributed by atoms with Gasteiger partial charge in [-0.05, 0) is 41.8 Å². The zero-order chi connectivity index (χ0) is 24.0. The lowest BCUT2D eigenvalue weighted by atomic mass is 9.88. The van der Waals surface area contributed by atoms with Crippen molar-refractivity contribution in [3.05, 3.63) is 138 Å². The van der Waals surface area contributed by atoms with E-state index in [9.17, 15) is 9.18 Å². The van der Waals surface area contributed by atoms with Gasteiger partial charge in [-0.25, -0.2) is 9.37 Å². The van der Waals surface area contributed by atoms with E-state index >= 15 is 0 Å². The molecule has 0 fully saturated rings. The highest BCUT2D eigenvalue weighted by atomic mass is 19.1. The Morgan fingerprint density at radius 3 is 2.06 bits per heavy atom. The lowest BCUT2D eigenvalue weighted by Crippen LogP contribution is -2.26. The quantitative estimate of drug-likeness (QED) is 0.284. The molecule has 1 aromatic heterocycles. The van der Waals surface area contributed by atoms with Crippen LogP contribution in [0.1, 0.15) is 33.8 Å². The molecule has 0 saturated heterocycles. The topological polar surface area (TPSA) is 42.0 Å². The van der Waals surface area contributed by atoms with Crippen molar-refractivity contribution in [2.24, 2.45) is 0 Å². The van der Waals surface area contributed by atoms with E-state index in [1.165, 1.54) is 17.2 Å². The van der Waals surface area contributed by atoms with Gasteiger partial charge in [-0.3, -0.25) is 4.79 Å². The molecule has 0 radical (unpaired) electrons. The number of benzene rings is 4. The summed E-state index contributed by atoms with van der Waals surface area (Å²) in [5.41, 5.74) is 4.39. The average molecular weight is 461 g/mol. The summed E-state index contributed by atoms with van der Waals surface area (Å²) in [4.78, 5) is 18.0. The first-order valence-corrected chi connectivity index (χ1v) is 11.7. The van der Waals surface area contributed by atoms with Crippen LogP contribution in [0.25, 0.3) is 22.2 Å². The standard InChI is InChI=1S/C31H25FN2O/c32-28-17-9-7-16-26(28)30-21-27(25-15-8-10-18-29(25)34-30)31(35)33-20-19-24(22-11-3-1-4-12-22)23-13-5-2-6-14-23/h1-18,21,24H,19-20H2,(H,33,35). The normalized spacial score (nSPS) is 11.0. The largest absolute Gasteiger partial charge is 0.352 e. The van der Waals surface area contributed by atoms with Crippen LogP contribution < -0.4 is 5.32 Å². The Morgan fingerprint density at radius 1 is 0.771 bits per heavy atom. The molecular weight excluding hydrogens is 435 g/mol. The average Bonchev–Trinajstić information content (AvgIpc) is 2.91. The first kappa shape index (κ1) is 22.5. The summed E-state index contributed by atoms with van der Waals surface area (Å²) in [5, 5.41) is 3.84. The molecule has 5 aromatic rings. The van der Waals surface area contributed by atoms with Crippen LogP contribution in [0.5, 0.6) is 0 Å². The number of carbonyl (C=O) groups excluding carboxylic acids is 1. The number of amides is 1. The number of fused-ring (bicyclic) bond motifs is 1. The minimum Gasteiger partial charge on any atom is -0.352 e. The van der Waals surface area contributed by atoms with Crippen LogP contribution in [0.15, 0.2) is 115 Å². The van der Waals surface area contributed by atoms with Gasteiger partial charge < -0.3 is 5.32 Å². The minimum absolute atomic E-state index is 0.167. The summed E-state index contributed by atoms with van der Waals surface area (Å²) in [5.74, 6) is -0.392. The highest BCUT2D eigenvalue weighted by molar-refractivity contribution is 6.07. The number of nitrogens with zero attached hydrogens (tertiary/aromatic N) is 1. The van der Waals surface area contributed by atoms with Crippen LogP contribution in [0, 0.1) is 5.82 Å². The van der Waals surface area contributed by atoms with Gasteiger partial charge in [-0.1, -0.05) is 91.0 Å². The maximum Gasteiger partial charge on any atom is 0.252 e. The smallest absolute Gasteiger partial charge is 0.252 e. The molecule has 172 valence electrons. The SMILES string of the molecule is O=C(NCCC(c1ccccc1)c1ccccc1)c1cc(-c2ccccc2F)nc2ccccc12. The second-order valence-electron chi connectivity index (χ2n) is 8.47. The van der Waals surface area contributed by atoms with Gasteiger partial charge in [-0.2, -0.15) is 0 Å². The molecule has 0 aliphatic heterocycles. The van der Waals surface area contributed by atoms with Crippen molar-refractivity contribution >= 4 is 16.8 Å². The van der Waals surface area contributed by atoms with E-state index in [-0.39, 0.29) is 17.6 Å². The number of hydrogen-bond acceptors (Lipinski definition) is 2. The predicted molar refractivity (Wildman–Crippen MR) is 139 cm³/mol. The van der Waals surface area contributed by atoms with Gasteiger partial charge in [-0.15, -0.1) is 0 Å². The van der Waals surface area contributed by atoms with Gasteiger partial charge in [0.1, 0.15) is 5.82 Å². The summed E-state index contributed by atoms with van der Waals surface area (Å²) in [6, 6.07) is 36.3. The van der Waals surface area contributed by atoms with Crippen molar-refractivity contribution in [3.8, 4) is 11.3 Å². The summed E-state index contributed by atoms with van der Waals surface area (Å²) < 4.78 is 14.5. The van der Waals surface area contributed by atoms with Crippen LogP contribution >= 0.6 is 0 Å². The van der Waals surface area contributed by atoms with Gasteiger partial charge in [0.25, 0.3) is 5.91 Å². The number of carbonyl (C=O) groups is 1. The van der Waals surface area contributed by atoms with Crippen LogP contribution in [0.2, 0.25) is 0 Å². The van der Waals surface area contributed by atoms with E-state index in [1.54, 1.807) is 24.3 Å². The van der Waals surface area contributed by atoms with Crippen molar-refractivity contribution in [3.63, 3.8) is 0 Å². The number of pyridine rings is 1. The Kier molecular flexibility index (Phi) is 6.62. The molecule has 0 aliphatic rings. The molecule has 0 saturated carbocycles. The van der Waals surface area contributed by atoms with E-state index in [0.717, 1.165) is 11.8 Å². The first-order valence-electron chi connectivity index (χ1n) is 11.7. The summed E-state index contributed by atoms with van der Waals surface area (Å²) in [6.45, 7) is 0.499. The minimum atomic E-state index is -0.366. The number of aromatic nitrogens is 1. The van der Waals surface area contributed by atoms with E-state index in [0.29, 0.717) is 28.9 Å². The van der Waals surface area contributed by atoms with Gasteiger partial charge in [0.2, 0.25) is 0 Å². The van der Waals surface area contributed by atoms with Crippen LogP contribution in [0.4, 0.5) is 4.39 Å². The van der Waals surface area contributed by atoms with E-state index in [1.807, 2.05) is 60.7 Å². The maximum atomic E-state index is 14.5. The molecule has 0 bridgehead atoms. The van der Waals surface area contributed by atoms with Crippen LogP contribution in [0.3, 0.4) is 0 Å². The number of nitrogens with one attached hydrogen (secondary N) is 1. The number of halogens is 1. The molecule has 0 aliphatic carbocycles. The second-order valence-corrected chi connectivity index (χ2v) is 8.47. The molecule has 0 atom stereocenters. The molecular formula is C31H25FN2O. The number of hydrogen-bond donors (Lipinski definition) is 1. The zero-order valence-electron chi connectivity index (χ0n) is 19.2. The third kappa shape index (κ3) is 4.97. The highest BCUT2D eigenvalue weighted by Gasteiger charge is 2.17. The van der Waals surface area contributed by atoms with Crippen molar-refractivity contribution < 1.29 is 9.18 Å². The summed E-state index contributed by atoms with van der Waals surface area (Å²) in [6.07, 6.45) is 0.753. The lowest BCUT2D eigenvalue weighted by molar-refractivity contribution is 0.0954. The fraction of sp³-hybridized carbons (Fsp3) is 0.0968. The molecule has 35 heavy (non-hydrogen) atoms. The molecule has 0 unspecified atom stereocenters. The Balaban J connectivity index is 1.41. The Bertz CT molecular complexity index is 1410. The molecule has 0 spiro atoms. The third-order valence-electron chi connectivity index (χ3n) is 6.23. The molecule has 1 N–H and O–H groups in total. The molecule has 5 rings (SSSR count). The van der Waals surface area contributed by atoms with Gasteiger partial charge in [0, 0.05) is 23.4 Å². The molecule has 1 heterocycles. The van der Waals surface area contributed by atoms with Crippen molar-refractivity contribution in [2.45, 2.75) is 12.3 Å². The Labute approximate surface area is 204 Å². The molecule has 1 amide bonds. The van der Waals surface area contributed by atoms with Crippen molar-refractivity contribution in [2.75, 3.05) is 6.54 Å². The fourth-order valence-corrected chi connectivity index (χ4v) is 4.49.